The number of benzene rings is 1. The normalized spacial score (nSPS) is 14.3. The van der Waals surface area contributed by atoms with E-state index in [1.54, 1.807) is 30.3 Å². The van der Waals surface area contributed by atoms with Crippen LogP contribution in [0.15, 0.2) is 30.3 Å². The molecule has 33 heavy (non-hydrogen) atoms. The van der Waals surface area contributed by atoms with E-state index in [1.165, 1.54) is 0 Å². The summed E-state index contributed by atoms with van der Waals surface area (Å²) in [6, 6.07) is 3.06. The molecule has 0 saturated carbocycles. The summed E-state index contributed by atoms with van der Waals surface area (Å²) in [6.45, 7) is -1.53. The van der Waals surface area contributed by atoms with E-state index < -0.39 is 67.0 Å². The summed E-state index contributed by atoms with van der Waals surface area (Å²) in [5.41, 5.74) is 11.1. The highest BCUT2D eigenvalue weighted by molar-refractivity contribution is 5.94. The van der Waals surface area contributed by atoms with Crippen molar-refractivity contribution >= 4 is 29.6 Å². The van der Waals surface area contributed by atoms with E-state index in [1.807, 2.05) is 0 Å². The lowest BCUT2D eigenvalue weighted by atomic mass is 10.0. The maximum absolute atomic E-state index is 12.8. The molecule has 1 aromatic rings. The van der Waals surface area contributed by atoms with Gasteiger partial charge in [-0.25, -0.2) is 4.79 Å². The van der Waals surface area contributed by atoms with Gasteiger partial charge in [-0.15, -0.1) is 0 Å². The molecule has 0 aliphatic rings. The Morgan fingerprint density at radius 1 is 0.818 bits per heavy atom. The molecule has 0 heterocycles. The minimum absolute atomic E-state index is 0.00664. The predicted molar refractivity (Wildman–Crippen MR) is 114 cm³/mol. The highest BCUT2D eigenvalue weighted by Crippen LogP contribution is 2.05. The summed E-state index contributed by atoms with van der Waals surface area (Å²) >= 11 is 0. The van der Waals surface area contributed by atoms with Crippen LogP contribution in [0.2, 0.25) is 0 Å². The number of aliphatic carboxylic acids is 1. The molecule has 1 aromatic carbocycles. The van der Waals surface area contributed by atoms with Crippen molar-refractivity contribution in [3.8, 4) is 0 Å². The second-order valence-electron chi connectivity index (χ2n) is 7.19. The van der Waals surface area contributed by atoms with E-state index in [2.05, 4.69) is 16.0 Å². The zero-order chi connectivity index (χ0) is 25.0. The average Bonchev–Trinajstić information content (AvgIpc) is 2.78. The average molecular weight is 467 g/mol. The zero-order valence-electron chi connectivity index (χ0n) is 17.8. The van der Waals surface area contributed by atoms with Crippen LogP contribution in [0.25, 0.3) is 0 Å². The Labute approximate surface area is 189 Å². The van der Waals surface area contributed by atoms with E-state index in [4.69, 9.17) is 16.6 Å². The number of aliphatic hydroxyl groups excluding tert-OH is 2. The van der Waals surface area contributed by atoms with Crippen molar-refractivity contribution < 1.29 is 39.3 Å². The van der Waals surface area contributed by atoms with Gasteiger partial charge in [0.25, 0.3) is 0 Å². The number of amides is 4. The van der Waals surface area contributed by atoms with Gasteiger partial charge >= 0.3 is 5.97 Å². The monoisotopic (exact) mass is 467 g/mol. The largest absolute Gasteiger partial charge is 0.480 e. The van der Waals surface area contributed by atoms with E-state index >= 15 is 0 Å². The Balaban J connectivity index is 2.93. The van der Waals surface area contributed by atoms with Gasteiger partial charge in [-0.3, -0.25) is 19.2 Å². The molecular formula is C20H29N5O8. The van der Waals surface area contributed by atoms with Gasteiger partial charge in [-0.05, 0) is 12.0 Å². The van der Waals surface area contributed by atoms with E-state index in [-0.39, 0.29) is 19.3 Å². The quantitative estimate of drug-likeness (QED) is 0.134. The first-order valence-corrected chi connectivity index (χ1v) is 10.0. The molecule has 4 atom stereocenters. The highest BCUT2D eigenvalue weighted by atomic mass is 16.4. The molecule has 13 nitrogen and oxygen atoms in total. The summed E-state index contributed by atoms with van der Waals surface area (Å²) in [4.78, 5) is 59.5. The fourth-order valence-electron chi connectivity index (χ4n) is 2.70. The maximum atomic E-state index is 12.8. The third-order valence-corrected chi connectivity index (χ3v) is 4.56. The Hall–Kier alpha value is -3.55. The lowest BCUT2D eigenvalue weighted by Crippen LogP contribution is -2.58. The zero-order valence-corrected chi connectivity index (χ0v) is 17.8. The second kappa shape index (κ2) is 13.8. The number of hydrogen-bond acceptors (Lipinski definition) is 8. The van der Waals surface area contributed by atoms with Crippen LogP contribution in [0.4, 0.5) is 0 Å². The SMILES string of the molecule is NC(=O)CCC(NC(=O)C(CO)NC(=O)C(Cc1ccccc1)NC(=O)C(N)CO)C(=O)O. The Bertz CT molecular complexity index is 835. The molecule has 0 bridgehead atoms. The lowest BCUT2D eigenvalue weighted by Gasteiger charge is -2.24. The lowest BCUT2D eigenvalue weighted by molar-refractivity contribution is -0.143. The molecule has 0 fully saturated rings. The van der Waals surface area contributed by atoms with Crippen molar-refractivity contribution in [1.82, 2.24) is 16.0 Å². The number of primary amides is 1. The molecule has 4 unspecified atom stereocenters. The molecule has 4 amide bonds. The minimum Gasteiger partial charge on any atom is -0.480 e. The first-order chi connectivity index (χ1) is 15.6. The van der Waals surface area contributed by atoms with Crippen LogP contribution in [0.5, 0.6) is 0 Å². The van der Waals surface area contributed by atoms with Gasteiger partial charge in [0.1, 0.15) is 24.2 Å². The molecule has 0 radical (unpaired) electrons. The van der Waals surface area contributed by atoms with Crippen LogP contribution >= 0.6 is 0 Å². The van der Waals surface area contributed by atoms with Crippen molar-refractivity contribution in [2.45, 2.75) is 43.4 Å². The van der Waals surface area contributed by atoms with Gasteiger partial charge in [0.15, 0.2) is 0 Å². The first kappa shape index (κ1) is 27.5. The van der Waals surface area contributed by atoms with Crippen LogP contribution in [0, 0.1) is 0 Å². The number of carboxylic acids is 1. The smallest absolute Gasteiger partial charge is 0.326 e. The number of carbonyl (C=O) groups excluding carboxylic acids is 4. The summed E-state index contributed by atoms with van der Waals surface area (Å²) in [5.74, 6) is -4.87. The number of carbonyl (C=O) groups is 5. The molecule has 13 heteroatoms. The number of hydrogen-bond donors (Lipinski definition) is 8. The third-order valence-electron chi connectivity index (χ3n) is 4.56. The van der Waals surface area contributed by atoms with E-state index in [0.717, 1.165) is 0 Å². The fraction of sp³-hybridized carbons (Fsp3) is 0.450. The Morgan fingerprint density at radius 3 is 1.88 bits per heavy atom. The van der Waals surface area contributed by atoms with Gasteiger partial charge in [-0.2, -0.15) is 0 Å². The summed E-state index contributed by atoms with van der Waals surface area (Å²) in [5, 5.41) is 34.6. The Morgan fingerprint density at radius 2 is 1.36 bits per heavy atom. The number of carboxylic acid groups (broad SMARTS) is 1. The van der Waals surface area contributed by atoms with Gasteiger partial charge in [0.2, 0.25) is 23.6 Å². The van der Waals surface area contributed by atoms with Crippen molar-refractivity contribution in [2.24, 2.45) is 11.5 Å². The molecular weight excluding hydrogens is 438 g/mol. The van der Waals surface area contributed by atoms with Gasteiger partial charge in [0.05, 0.1) is 13.2 Å². The molecule has 0 aromatic heterocycles. The van der Waals surface area contributed by atoms with Crippen LogP contribution < -0.4 is 27.4 Å². The maximum Gasteiger partial charge on any atom is 0.326 e. The number of nitrogens with two attached hydrogens (primary N) is 2. The molecule has 0 saturated heterocycles. The molecule has 0 aliphatic heterocycles. The van der Waals surface area contributed by atoms with E-state index in [0.29, 0.717) is 5.56 Å². The fourth-order valence-corrected chi connectivity index (χ4v) is 2.70. The van der Waals surface area contributed by atoms with Crippen molar-refractivity contribution in [1.29, 1.82) is 0 Å². The molecule has 0 aliphatic carbocycles. The molecule has 0 spiro atoms. The van der Waals surface area contributed by atoms with Crippen molar-refractivity contribution in [3.05, 3.63) is 35.9 Å². The summed E-state index contributed by atoms with van der Waals surface area (Å²) in [6.07, 6.45) is -0.579. The topological polar surface area (TPSA) is 234 Å². The van der Waals surface area contributed by atoms with Crippen LogP contribution in [0.1, 0.15) is 18.4 Å². The standard InChI is InChI=1S/C20H29N5O8/c21-12(9-26)17(29)24-14(8-11-4-2-1-3-5-11)18(30)25-15(10-27)19(31)23-13(20(32)33)6-7-16(22)28/h1-5,12-15,26-27H,6-10,21H2,(H2,22,28)(H,23,31)(H,24,29)(H,25,30)(H,32,33). The molecule has 10 N–H and O–H groups in total. The molecule has 182 valence electrons. The van der Waals surface area contributed by atoms with Gasteiger partial charge in [0, 0.05) is 12.8 Å². The summed E-state index contributed by atoms with van der Waals surface area (Å²) < 4.78 is 0. The highest BCUT2D eigenvalue weighted by Gasteiger charge is 2.30. The van der Waals surface area contributed by atoms with Crippen molar-refractivity contribution in [2.75, 3.05) is 13.2 Å². The second-order valence-corrected chi connectivity index (χ2v) is 7.19. The number of rotatable bonds is 14. The van der Waals surface area contributed by atoms with Gasteiger partial charge in [-0.1, -0.05) is 30.3 Å². The number of nitrogens with one attached hydrogen (secondary N) is 3. The predicted octanol–water partition coefficient (Wildman–Crippen LogP) is -3.65. The number of aliphatic hydroxyl groups is 2. The summed E-state index contributed by atoms with van der Waals surface area (Å²) in [7, 11) is 0. The first-order valence-electron chi connectivity index (χ1n) is 10.0. The Kier molecular flexibility index (Phi) is 11.5. The van der Waals surface area contributed by atoms with Crippen LogP contribution in [-0.2, 0) is 30.4 Å². The third kappa shape index (κ3) is 9.64. The minimum atomic E-state index is -1.55. The van der Waals surface area contributed by atoms with Crippen molar-refractivity contribution in [3.63, 3.8) is 0 Å². The van der Waals surface area contributed by atoms with Crippen LogP contribution in [0.3, 0.4) is 0 Å². The van der Waals surface area contributed by atoms with E-state index in [9.17, 15) is 34.2 Å². The molecule has 1 rings (SSSR count). The van der Waals surface area contributed by atoms with Gasteiger partial charge < -0.3 is 42.7 Å². The van der Waals surface area contributed by atoms with Crippen LogP contribution in [-0.4, -0.2) is 82.3 Å².